The molecule has 0 aromatic carbocycles. The maximum absolute atomic E-state index is 3.49. The monoisotopic (exact) mass is 797 g/mol. The van der Waals surface area contributed by atoms with Crippen LogP contribution >= 0.6 is 0 Å². The van der Waals surface area contributed by atoms with Gasteiger partial charge in [0.2, 0.25) is 0 Å². The molecule has 0 aliphatic heterocycles. The molecule has 0 N–H and O–H groups in total. The van der Waals surface area contributed by atoms with Gasteiger partial charge in [0, 0.05) is 205 Å². The average molecular weight is 797 g/mol. The zero-order chi connectivity index (χ0) is 4.71. The van der Waals surface area contributed by atoms with Gasteiger partial charge in [-0.1, -0.05) is 14.4 Å². The zero-order valence-corrected chi connectivity index (χ0v) is 21.6. The molecule has 0 saturated heterocycles. The van der Waals surface area contributed by atoms with Gasteiger partial charge in [-0.15, -0.1) is 0 Å². The molecule has 8 heteroatoms. The molecule has 0 fully saturated rings. The number of rotatable bonds is 0. The molecule has 0 spiro atoms. The van der Waals surface area contributed by atoms with Crippen molar-refractivity contribution in [1.29, 1.82) is 0 Å². The van der Waals surface area contributed by atoms with Gasteiger partial charge in [-0.25, -0.2) is 0 Å². The summed E-state index contributed by atoms with van der Waals surface area (Å²) in [6.07, 6.45) is 1.00. The maximum Gasteiger partial charge on any atom is 2.00 e. The molecule has 0 bridgehead atoms. The fourth-order valence-corrected chi connectivity index (χ4v) is 0. The molecule has 0 atom stereocenters. The van der Waals surface area contributed by atoms with Gasteiger partial charge < -0.3 is 28.7 Å². The molecular formula is C8H22Ar4PtVWY. The smallest absolute Gasteiger partial charge is 0.358 e. The van der Waals surface area contributed by atoms with Crippen molar-refractivity contribution >= 4 is 0 Å². The van der Waals surface area contributed by atoms with Gasteiger partial charge >= 0.3 is 39.6 Å². The topological polar surface area (TPSA) is 0 Å². The molecule has 0 aliphatic rings. The quantitative estimate of drug-likeness (QED) is 0.330. The van der Waals surface area contributed by atoms with Crippen molar-refractivity contribution in [3.63, 3.8) is 0 Å². The van der Waals surface area contributed by atoms with Crippen molar-refractivity contribution in [2.75, 3.05) is 0 Å². The van der Waals surface area contributed by atoms with Crippen molar-refractivity contribution in [3.05, 3.63) is 28.7 Å². The minimum absolute atomic E-state index is 0. The molecular weight excluding hydrogens is 775 g/mol. The first-order valence-electron chi connectivity index (χ1n) is 1.91. The molecule has 0 rings (SSSR count). The predicted octanol–water partition coefficient (Wildman–Crippen LogP) is 3.60. The summed E-state index contributed by atoms with van der Waals surface area (Å²) in [5, 5.41) is 0. The first-order valence-corrected chi connectivity index (χ1v) is 1.91. The number of hydrogen-bond acceptors (Lipinski definition) is 0. The zero-order valence-electron chi connectivity index (χ0n) is 9.28. The van der Waals surface area contributed by atoms with Gasteiger partial charge in [0.25, 0.3) is 0 Å². The molecule has 0 aromatic rings. The van der Waals surface area contributed by atoms with Crippen LogP contribution in [0.15, 0.2) is 0 Å². The third kappa shape index (κ3) is 150. The van der Waals surface area contributed by atoms with Crippen LogP contribution in [-0.2, 0) is 93.4 Å². The molecule has 2 radical (unpaired) electrons. The SMILES string of the molecule is C.[Ar].[Ar].[Ar].[Ar].[CH2-]C.[CH2-]CC.[CH3-].[CH3-].[Pt+2].[V+2].[W].[Y]. The Morgan fingerprint density at radius 2 is 0.875 bits per heavy atom. The second-order valence-corrected chi connectivity index (χ2v) is 0.500. The Balaban J connectivity index is -0.000000000614. The molecule has 110 valence electrons. The van der Waals surface area contributed by atoms with E-state index in [4.69, 9.17) is 0 Å². The van der Waals surface area contributed by atoms with Crippen molar-refractivity contribution < 1.29 is 244 Å². The van der Waals surface area contributed by atoms with Crippen LogP contribution in [0.5, 0.6) is 0 Å². The first kappa shape index (κ1) is 104. The van der Waals surface area contributed by atoms with Crippen LogP contribution in [0.25, 0.3) is 0 Å². The van der Waals surface area contributed by atoms with Gasteiger partial charge in [0.15, 0.2) is 0 Å². The predicted molar refractivity (Wildman–Crippen MR) is 46.2 cm³/mol. The van der Waals surface area contributed by atoms with Crippen LogP contribution < -0.4 is 0 Å². The first-order chi connectivity index (χ1) is 2.41. The van der Waals surface area contributed by atoms with E-state index < -0.39 is 0 Å². The van der Waals surface area contributed by atoms with E-state index in [0.717, 1.165) is 6.42 Å². The Morgan fingerprint density at radius 3 is 0.875 bits per heavy atom. The van der Waals surface area contributed by atoms with Crippen molar-refractivity contribution in [1.82, 2.24) is 0 Å². The Labute approximate surface area is 292 Å². The third-order valence-corrected chi connectivity index (χ3v) is 0. The van der Waals surface area contributed by atoms with Crippen LogP contribution in [0.4, 0.5) is 0 Å². The van der Waals surface area contributed by atoms with Crippen molar-refractivity contribution in [2.45, 2.75) is 27.7 Å². The van der Waals surface area contributed by atoms with Gasteiger partial charge in [-0.2, -0.15) is 13.3 Å². The van der Waals surface area contributed by atoms with Crippen LogP contribution in [0.2, 0.25) is 0 Å². The fourth-order valence-electron chi connectivity index (χ4n) is 0. The summed E-state index contributed by atoms with van der Waals surface area (Å²) in [5.74, 6) is 0. The summed E-state index contributed by atoms with van der Waals surface area (Å²) in [6, 6.07) is 0. The Hall–Kier alpha value is 8.10. The summed E-state index contributed by atoms with van der Waals surface area (Å²) in [7, 11) is 0. The maximum atomic E-state index is 3.49. The molecule has 0 amide bonds. The van der Waals surface area contributed by atoms with Crippen LogP contribution in [0, 0.1) is 180 Å². The molecule has 16 heavy (non-hydrogen) atoms. The number of hydrogen-bond donors (Lipinski definition) is 0. The van der Waals surface area contributed by atoms with Crippen LogP contribution in [0.3, 0.4) is 0 Å². The Morgan fingerprint density at radius 1 is 0.875 bits per heavy atom. The Kier molecular flexibility index (Phi) is 888. The second kappa shape index (κ2) is 136. The van der Waals surface area contributed by atoms with Gasteiger partial charge in [-0.3, -0.25) is 0 Å². The Bertz CT molecular complexity index is 32.0. The van der Waals surface area contributed by atoms with E-state index >= 15 is 0 Å². The fraction of sp³-hybridized carbons (Fsp3) is 0.500. The second-order valence-electron chi connectivity index (χ2n) is 0.500. The van der Waals surface area contributed by atoms with E-state index in [1.807, 2.05) is 6.92 Å². The van der Waals surface area contributed by atoms with Crippen LogP contribution in [-0.4, -0.2) is 0 Å². The van der Waals surface area contributed by atoms with E-state index in [-0.39, 0.29) is 267 Å². The molecule has 0 nitrogen and oxygen atoms in total. The van der Waals surface area contributed by atoms with E-state index in [1.54, 1.807) is 6.92 Å². The molecule has 0 heterocycles. The van der Waals surface area contributed by atoms with E-state index in [2.05, 4.69) is 13.8 Å². The minimum Gasteiger partial charge on any atom is -0.358 e. The normalized spacial score (nSPS) is 1.50. The van der Waals surface area contributed by atoms with E-state index in [9.17, 15) is 0 Å². The van der Waals surface area contributed by atoms with Crippen molar-refractivity contribution in [3.8, 4) is 0 Å². The minimum atomic E-state index is 0. The van der Waals surface area contributed by atoms with Crippen molar-refractivity contribution in [2.24, 2.45) is 0 Å². The third-order valence-electron chi connectivity index (χ3n) is 0. The molecule has 0 unspecified atom stereocenters. The molecule has 0 aromatic heterocycles. The molecule has 0 saturated carbocycles. The van der Waals surface area contributed by atoms with Gasteiger partial charge in [0.05, 0.1) is 0 Å². The van der Waals surface area contributed by atoms with Gasteiger partial charge in [-0.05, 0) is 0 Å². The summed E-state index contributed by atoms with van der Waals surface area (Å²) in [6.45, 7) is 10.5. The van der Waals surface area contributed by atoms with Gasteiger partial charge in [0.1, 0.15) is 0 Å². The summed E-state index contributed by atoms with van der Waals surface area (Å²) in [4.78, 5) is 0. The van der Waals surface area contributed by atoms with Crippen LogP contribution in [0.1, 0.15) is 27.7 Å². The summed E-state index contributed by atoms with van der Waals surface area (Å²) < 4.78 is 0. The van der Waals surface area contributed by atoms with E-state index in [1.165, 1.54) is 0 Å². The molecule has 0 aliphatic carbocycles. The largest absolute Gasteiger partial charge is 2.00 e. The summed E-state index contributed by atoms with van der Waals surface area (Å²) >= 11 is 0. The average Bonchev–Trinajstić information content (AvgIpc) is 1.46. The standard InChI is InChI=1S/C3H7.C2H5.CH4.2CH3.4Ar.Pt.V.W.Y/c1-3-2;1-2;;;;;;;;;;;/h1,3H2,2H3;1H2,2H3;1H4;2*1H3;;;;;;;;/q2*-1;;2*-1;;;;;2*+2;;. The summed E-state index contributed by atoms with van der Waals surface area (Å²) in [5.41, 5.74) is 0. The van der Waals surface area contributed by atoms with E-state index in [0.29, 0.717) is 0 Å².